The van der Waals surface area contributed by atoms with E-state index in [-0.39, 0.29) is 12.4 Å². The lowest BCUT2D eigenvalue weighted by atomic mass is 10.1. The number of carbonyl (C=O) groups is 2. The van der Waals surface area contributed by atoms with Gasteiger partial charge in [0.15, 0.2) is 5.95 Å². The van der Waals surface area contributed by atoms with E-state index in [0.29, 0.717) is 5.69 Å². The van der Waals surface area contributed by atoms with Gasteiger partial charge in [-0.15, -0.1) is 0 Å². The molecule has 0 radical (unpaired) electrons. The van der Waals surface area contributed by atoms with Gasteiger partial charge in [0.05, 0.1) is 6.20 Å². The van der Waals surface area contributed by atoms with Crippen LogP contribution < -0.4 is 11.1 Å². The predicted octanol–water partition coefficient (Wildman–Crippen LogP) is 0.512. The molecule has 0 aliphatic rings. The van der Waals surface area contributed by atoms with Crippen LogP contribution in [0.4, 0.5) is 10.7 Å². The van der Waals surface area contributed by atoms with E-state index in [0.717, 1.165) is 0 Å². The number of rotatable bonds is 4. The summed E-state index contributed by atoms with van der Waals surface area (Å²) in [4.78, 5) is 29.0. The largest absolute Gasteiger partial charge is 0.480 e. The molecule has 19 heavy (non-hydrogen) atoms. The van der Waals surface area contributed by atoms with Crippen molar-refractivity contribution in [1.82, 2.24) is 15.3 Å². The van der Waals surface area contributed by atoms with Crippen molar-refractivity contribution in [1.29, 1.82) is 0 Å². The molecule has 106 valence electrons. The summed E-state index contributed by atoms with van der Waals surface area (Å²) in [5, 5.41) is 11.3. The van der Waals surface area contributed by atoms with E-state index in [9.17, 15) is 9.59 Å². The van der Waals surface area contributed by atoms with Crippen LogP contribution in [0.15, 0.2) is 6.20 Å². The topological polar surface area (TPSA) is 130 Å². The molecule has 0 bridgehead atoms. The lowest BCUT2D eigenvalue weighted by molar-refractivity contribution is -0.139. The highest BCUT2D eigenvalue weighted by molar-refractivity contribution is 5.80. The van der Waals surface area contributed by atoms with Crippen LogP contribution in [0.2, 0.25) is 0 Å². The van der Waals surface area contributed by atoms with Gasteiger partial charge in [-0.3, -0.25) is 0 Å². The molecular weight excluding hydrogens is 252 g/mol. The summed E-state index contributed by atoms with van der Waals surface area (Å²) in [5.41, 5.74) is 5.21. The van der Waals surface area contributed by atoms with Crippen molar-refractivity contribution in [3.63, 3.8) is 0 Å². The van der Waals surface area contributed by atoms with Crippen LogP contribution in [-0.2, 0) is 16.0 Å². The molecule has 8 nitrogen and oxygen atoms in total. The fourth-order valence-electron chi connectivity index (χ4n) is 1.35. The minimum Gasteiger partial charge on any atom is -0.480 e. The van der Waals surface area contributed by atoms with E-state index in [4.69, 9.17) is 15.6 Å². The van der Waals surface area contributed by atoms with Gasteiger partial charge in [-0.1, -0.05) is 0 Å². The second-order valence-corrected chi connectivity index (χ2v) is 5.03. The molecule has 1 aromatic rings. The van der Waals surface area contributed by atoms with Crippen LogP contribution in [0.5, 0.6) is 0 Å². The first kappa shape index (κ1) is 14.8. The number of aliphatic carboxylic acids is 1. The number of nitrogens with two attached hydrogens (primary N) is 1. The summed E-state index contributed by atoms with van der Waals surface area (Å²) in [6.07, 6.45) is 0.674. The third-order valence-corrected chi connectivity index (χ3v) is 2.06. The van der Waals surface area contributed by atoms with Crippen molar-refractivity contribution in [2.45, 2.75) is 38.8 Å². The first-order chi connectivity index (χ1) is 8.67. The number of carboxylic acid groups (broad SMARTS) is 1. The van der Waals surface area contributed by atoms with Crippen molar-refractivity contribution in [2.75, 3.05) is 5.73 Å². The van der Waals surface area contributed by atoms with Gasteiger partial charge >= 0.3 is 12.1 Å². The highest BCUT2D eigenvalue weighted by Crippen LogP contribution is 2.08. The minimum atomic E-state index is -1.17. The first-order valence-electron chi connectivity index (χ1n) is 5.69. The Bertz CT molecular complexity index is 464. The van der Waals surface area contributed by atoms with Gasteiger partial charge < -0.3 is 25.9 Å². The number of alkyl carbamates (subject to hydrolysis) is 1. The van der Waals surface area contributed by atoms with Crippen LogP contribution in [0.1, 0.15) is 26.5 Å². The van der Waals surface area contributed by atoms with Crippen LogP contribution in [0.25, 0.3) is 0 Å². The molecular formula is C11H18N4O4. The second kappa shape index (κ2) is 5.59. The third-order valence-electron chi connectivity index (χ3n) is 2.06. The van der Waals surface area contributed by atoms with Crippen molar-refractivity contribution >= 4 is 18.0 Å². The maximum Gasteiger partial charge on any atom is 0.408 e. The van der Waals surface area contributed by atoms with Crippen LogP contribution >= 0.6 is 0 Å². The summed E-state index contributed by atoms with van der Waals surface area (Å²) >= 11 is 0. The van der Waals surface area contributed by atoms with Crippen LogP contribution in [-0.4, -0.2) is 38.8 Å². The summed E-state index contributed by atoms with van der Waals surface area (Å²) < 4.78 is 5.00. The zero-order chi connectivity index (χ0) is 14.6. The Morgan fingerprint density at radius 3 is 2.63 bits per heavy atom. The monoisotopic (exact) mass is 270 g/mol. The lowest BCUT2D eigenvalue weighted by Gasteiger charge is -2.21. The molecule has 0 fully saturated rings. The van der Waals surface area contributed by atoms with Gasteiger partial charge in [0.25, 0.3) is 0 Å². The Morgan fingerprint density at radius 2 is 2.21 bits per heavy atom. The molecule has 0 aliphatic carbocycles. The van der Waals surface area contributed by atoms with E-state index >= 15 is 0 Å². The lowest BCUT2D eigenvalue weighted by Crippen LogP contribution is -2.44. The van der Waals surface area contributed by atoms with E-state index in [1.807, 2.05) is 0 Å². The van der Waals surface area contributed by atoms with E-state index < -0.39 is 23.7 Å². The fourth-order valence-corrected chi connectivity index (χ4v) is 1.35. The zero-order valence-electron chi connectivity index (χ0n) is 11.1. The number of H-pyrrole nitrogens is 1. The fraction of sp³-hybridized carbons (Fsp3) is 0.545. The highest BCUT2D eigenvalue weighted by Gasteiger charge is 2.24. The van der Waals surface area contributed by atoms with Gasteiger partial charge in [-0.2, -0.15) is 0 Å². The molecule has 5 N–H and O–H groups in total. The molecule has 0 spiro atoms. The Morgan fingerprint density at radius 1 is 1.58 bits per heavy atom. The zero-order valence-corrected chi connectivity index (χ0v) is 11.1. The van der Waals surface area contributed by atoms with Crippen LogP contribution in [0.3, 0.4) is 0 Å². The van der Waals surface area contributed by atoms with Gasteiger partial charge in [-0.25, -0.2) is 14.6 Å². The number of hydrogen-bond donors (Lipinski definition) is 4. The first-order valence-corrected chi connectivity index (χ1v) is 5.69. The van der Waals surface area contributed by atoms with Crippen molar-refractivity contribution in [2.24, 2.45) is 0 Å². The number of amides is 1. The second-order valence-electron chi connectivity index (χ2n) is 5.03. The molecule has 8 heteroatoms. The Kier molecular flexibility index (Phi) is 4.36. The average molecular weight is 270 g/mol. The predicted molar refractivity (Wildman–Crippen MR) is 67.5 cm³/mol. The number of imidazole rings is 1. The number of nitrogens with zero attached hydrogens (tertiary/aromatic N) is 1. The average Bonchev–Trinajstić information content (AvgIpc) is 2.60. The normalized spacial score (nSPS) is 12.8. The minimum absolute atomic E-state index is 0.0405. The molecule has 1 unspecified atom stereocenters. The number of nitrogens with one attached hydrogen (secondary N) is 2. The van der Waals surface area contributed by atoms with E-state index in [2.05, 4.69) is 15.3 Å². The van der Waals surface area contributed by atoms with Crippen LogP contribution in [0, 0.1) is 0 Å². The molecule has 1 aromatic heterocycles. The molecule has 0 saturated carbocycles. The Labute approximate surface area is 110 Å². The van der Waals surface area contributed by atoms with Gasteiger partial charge in [0.2, 0.25) is 0 Å². The molecule has 0 aromatic carbocycles. The molecule has 1 amide bonds. The standard InChI is InChI=1S/C11H18N4O4/c1-11(2,3)19-10(18)15-7(8(16)17)4-6-5-13-9(12)14-6/h5,7H,4H2,1-3H3,(H,15,18)(H,16,17)(H3,12,13,14). The number of nitrogen functional groups attached to an aromatic ring is 1. The van der Waals surface area contributed by atoms with Gasteiger partial charge in [0.1, 0.15) is 11.6 Å². The highest BCUT2D eigenvalue weighted by atomic mass is 16.6. The maximum absolute atomic E-state index is 11.5. The smallest absolute Gasteiger partial charge is 0.408 e. The third kappa shape index (κ3) is 5.28. The molecule has 1 heterocycles. The van der Waals surface area contributed by atoms with Crippen molar-refractivity contribution in [3.05, 3.63) is 11.9 Å². The number of aromatic nitrogens is 2. The number of aromatic amines is 1. The molecule has 1 atom stereocenters. The summed E-state index contributed by atoms with van der Waals surface area (Å²) in [7, 11) is 0. The SMILES string of the molecule is CC(C)(C)OC(=O)NC(Cc1cnc(N)[nH]1)C(=O)O. The quantitative estimate of drug-likeness (QED) is 0.630. The van der Waals surface area contributed by atoms with E-state index in [1.165, 1.54) is 6.20 Å². The number of carbonyl (C=O) groups excluding carboxylic acids is 1. The summed E-state index contributed by atoms with van der Waals surface area (Å²) in [5.74, 6) is -0.976. The van der Waals surface area contributed by atoms with Gasteiger partial charge in [-0.05, 0) is 20.8 Å². The molecule has 0 saturated heterocycles. The summed E-state index contributed by atoms with van der Waals surface area (Å²) in [6, 6.07) is -1.12. The summed E-state index contributed by atoms with van der Waals surface area (Å²) in [6.45, 7) is 5.08. The maximum atomic E-state index is 11.5. The Balaban J connectivity index is 2.63. The Hall–Kier alpha value is -2.25. The number of anilines is 1. The number of carboxylic acids is 1. The number of hydrogen-bond acceptors (Lipinski definition) is 5. The van der Waals surface area contributed by atoms with Crippen molar-refractivity contribution < 1.29 is 19.4 Å². The molecule has 1 rings (SSSR count). The van der Waals surface area contributed by atoms with E-state index in [1.54, 1.807) is 20.8 Å². The van der Waals surface area contributed by atoms with Gasteiger partial charge in [0, 0.05) is 12.1 Å². The number of ether oxygens (including phenoxy) is 1. The van der Waals surface area contributed by atoms with Crippen molar-refractivity contribution in [3.8, 4) is 0 Å². The molecule has 0 aliphatic heterocycles.